The molecule has 13 heavy (non-hydrogen) atoms. The van der Waals surface area contributed by atoms with Crippen molar-refractivity contribution in [3.8, 4) is 5.75 Å². The van der Waals surface area contributed by atoms with Crippen LogP contribution >= 0.6 is 15.9 Å². The molecular formula is C9H12BrNO2. The summed E-state index contributed by atoms with van der Waals surface area (Å²) >= 11 is 3.29. The third-order valence-corrected chi connectivity index (χ3v) is 2.32. The molecule has 0 aliphatic carbocycles. The van der Waals surface area contributed by atoms with Crippen LogP contribution < -0.4 is 5.73 Å². The van der Waals surface area contributed by atoms with E-state index in [0.29, 0.717) is 12.0 Å². The Bertz CT molecular complexity index is 291. The van der Waals surface area contributed by atoms with Gasteiger partial charge in [-0.1, -0.05) is 15.9 Å². The number of aromatic hydroxyl groups is 1. The second-order valence-corrected chi connectivity index (χ2v) is 3.74. The molecule has 4 heteroatoms. The van der Waals surface area contributed by atoms with E-state index in [4.69, 9.17) is 10.8 Å². The first-order valence-electron chi connectivity index (χ1n) is 4.00. The monoisotopic (exact) mass is 245 g/mol. The standard InChI is InChI=1S/C9H12BrNO2/c10-6-1-2-9(13)7(5-6)8(11)3-4-12/h1-2,5,8,12-13H,3-4,11H2. The Morgan fingerprint density at radius 2 is 2.15 bits per heavy atom. The summed E-state index contributed by atoms with van der Waals surface area (Å²) in [5.74, 6) is 0.171. The average molecular weight is 246 g/mol. The number of hydrogen-bond donors (Lipinski definition) is 3. The predicted molar refractivity (Wildman–Crippen MR) is 54.4 cm³/mol. The minimum atomic E-state index is -0.317. The van der Waals surface area contributed by atoms with Crippen molar-refractivity contribution in [3.05, 3.63) is 28.2 Å². The van der Waals surface area contributed by atoms with Crippen LogP contribution in [0.4, 0.5) is 0 Å². The lowest BCUT2D eigenvalue weighted by molar-refractivity contribution is 0.275. The predicted octanol–water partition coefficient (Wildman–Crippen LogP) is 1.54. The number of benzene rings is 1. The van der Waals surface area contributed by atoms with E-state index >= 15 is 0 Å². The van der Waals surface area contributed by atoms with Crippen molar-refractivity contribution in [2.45, 2.75) is 12.5 Å². The Kier molecular flexibility index (Phi) is 3.71. The van der Waals surface area contributed by atoms with Crippen molar-refractivity contribution >= 4 is 15.9 Å². The molecule has 1 unspecified atom stereocenters. The van der Waals surface area contributed by atoms with Gasteiger partial charge in [-0.25, -0.2) is 0 Å². The van der Waals surface area contributed by atoms with E-state index in [1.165, 1.54) is 0 Å². The summed E-state index contributed by atoms with van der Waals surface area (Å²) in [6.45, 7) is 0.0210. The normalized spacial score (nSPS) is 12.8. The largest absolute Gasteiger partial charge is 0.508 e. The second kappa shape index (κ2) is 4.60. The molecule has 0 fully saturated rings. The molecule has 3 nitrogen and oxygen atoms in total. The van der Waals surface area contributed by atoms with Gasteiger partial charge in [0.1, 0.15) is 5.75 Å². The minimum absolute atomic E-state index is 0.0210. The molecule has 0 spiro atoms. The van der Waals surface area contributed by atoms with Crippen molar-refractivity contribution < 1.29 is 10.2 Å². The van der Waals surface area contributed by atoms with E-state index in [1.807, 2.05) is 0 Å². The average Bonchev–Trinajstić information content (AvgIpc) is 2.09. The summed E-state index contributed by atoms with van der Waals surface area (Å²) in [5, 5.41) is 18.1. The Morgan fingerprint density at radius 3 is 2.77 bits per heavy atom. The fourth-order valence-corrected chi connectivity index (χ4v) is 1.50. The molecule has 0 heterocycles. The summed E-state index contributed by atoms with van der Waals surface area (Å²) in [5.41, 5.74) is 6.39. The molecule has 1 rings (SSSR count). The van der Waals surface area contributed by atoms with Crippen molar-refractivity contribution in [2.75, 3.05) is 6.61 Å². The smallest absolute Gasteiger partial charge is 0.120 e. The summed E-state index contributed by atoms with van der Waals surface area (Å²) in [7, 11) is 0. The number of halogens is 1. The zero-order valence-electron chi connectivity index (χ0n) is 7.07. The Balaban J connectivity index is 2.91. The van der Waals surface area contributed by atoms with E-state index in [9.17, 15) is 5.11 Å². The maximum Gasteiger partial charge on any atom is 0.120 e. The van der Waals surface area contributed by atoms with Crippen LogP contribution in [0.15, 0.2) is 22.7 Å². The lowest BCUT2D eigenvalue weighted by Crippen LogP contribution is -2.12. The maximum absolute atomic E-state index is 9.45. The number of phenols is 1. The van der Waals surface area contributed by atoms with Crippen molar-refractivity contribution in [3.63, 3.8) is 0 Å². The second-order valence-electron chi connectivity index (χ2n) is 2.82. The molecular weight excluding hydrogens is 234 g/mol. The third-order valence-electron chi connectivity index (χ3n) is 1.83. The first kappa shape index (κ1) is 10.5. The van der Waals surface area contributed by atoms with Crippen LogP contribution in [0.1, 0.15) is 18.0 Å². The molecule has 0 aromatic heterocycles. The van der Waals surface area contributed by atoms with Crippen LogP contribution in [0.3, 0.4) is 0 Å². The van der Waals surface area contributed by atoms with E-state index in [2.05, 4.69) is 15.9 Å². The summed E-state index contributed by atoms with van der Waals surface area (Å²) in [6.07, 6.45) is 0.448. The van der Waals surface area contributed by atoms with Gasteiger partial charge in [0.2, 0.25) is 0 Å². The maximum atomic E-state index is 9.45. The molecule has 0 bridgehead atoms. The highest BCUT2D eigenvalue weighted by Gasteiger charge is 2.10. The van der Waals surface area contributed by atoms with E-state index in [1.54, 1.807) is 18.2 Å². The fourth-order valence-electron chi connectivity index (χ4n) is 1.12. The van der Waals surface area contributed by atoms with Crippen molar-refractivity contribution in [1.29, 1.82) is 0 Å². The van der Waals surface area contributed by atoms with Gasteiger partial charge >= 0.3 is 0 Å². The number of phenolic OH excluding ortho intramolecular Hbond substituents is 1. The van der Waals surface area contributed by atoms with E-state index in [0.717, 1.165) is 4.47 Å². The zero-order valence-corrected chi connectivity index (χ0v) is 8.66. The molecule has 4 N–H and O–H groups in total. The Hall–Kier alpha value is -0.580. The van der Waals surface area contributed by atoms with Gasteiger partial charge in [-0.3, -0.25) is 0 Å². The minimum Gasteiger partial charge on any atom is -0.508 e. The van der Waals surface area contributed by atoms with E-state index in [-0.39, 0.29) is 18.4 Å². The van der Waals surface area contributed by atoms with Gasteiger partial charge in [-0.05, 0) is 24.6 Å². The molecule has 1 aromatic rings. The fraction of sp³-hybridized carbons (Fsp3) is 0.333. The molecule has 0 saturated heterocycles. The number of hydrogen-bond acceptors (Lipinski definition) is 3. The highest BCUT2D eigenvalue weighted by Crippen LogP contribution is 2.27. The molecule has 0 aliphatic heterocycles. The number of rotatable bonds is 3. The van der Waals surface area contributed by atoms with Gasteiger partial charge in [0, 0.05) is 22.7 Å². The van der Waals surface area contributed by atoms with E-state index < -0.39 is 0 Å². The highest BCUT2D eigenvalue weighted by atomic mass is 79.9. The van der Waals surface area contributed by atoms with Crippen LogP contribution in [0, 0.1) is 0 Å². The first-order chi connectivity index (χ1) is 6.15. The molecule has 0 aliphatic rings. The lowest BCUT2D eigenvalue weighted by Gasteiger charge is -2.12. The van der Waals surface area contributed by atoms with Crippen molar-refractivity contribution in [2.24, 2.45) is 5.73 Å². The lowest BCUT2D eigenvalue weighted by atomic mass is 10.0. The molecule has 1 atom stereocenters. The van der Waals surface area contributed by atoms with Gasteiger partial charge in [0.05, 0.1) is 0 Å². The summed E-state index contributed by atoms with van der Waals surface area (Å²) < 4.78 is 0.869. The Labute approximate surface area is 85.3 Å². The highest BCUT2D eigenvalue weighted by molar-refractivity contribution is 9.10. The van der Waals surface area contributed by atoms with Gasteiger partial charge in [0.25, 0.3) is 0 Å². The topological polar surface area (TPSA) is 66.5 Å². The molecule has 72 valence electrons. The van der Waals surface area contributed by atoms with Crippen LogP contribution in [0.2, 0.25) is 0 Å². The van der Waals surface area contributed by atoms with Crippen LogP contribution in [-0.4, -0.2) is 16.8 Å². The van der Waals surface area contributed by atoms with Gasteiger partial charge in [0.15, 0.2) is 0 Å². The first-order valence-corrected chi connectivity index (χ1v) is 4.79. The van der Waals surface area contributed by atoms with Crippen molar-refractivity contribution in [1.82, 2.24) is 0 Å². The summed E-state index contributed by atoms with van der Waals surface area (Å²) in [6, 6.07) is 4.76. The number of nitrogens with two attached hydrogens (primary N) is 1. The van der Waals surface area contributed by atoms with Crippen LogP contribution in [0.5, 0.6) is 5.75 Å². The zero-order chi connectivity index (χ0) is 9.84. The van der Waals surface area contributed by atoms with Gasteiger partial charge in [-0.15, -0.1) is 0 Å². The van der Waals surface area contributed by atoms with Crippen LogP contribution in [0.25, 0.3) is 0 Å². The number of aliphatic hydroxyl groups is 1. The molecule has 0 radical (unpaired) electrons. The Morgan fingerprint density at radius 1 is 1.46 bits per heavy atom. The third kappa shape index (κ3) is 2.69. The SMILES string of the molecule is NC(CCO)c1cc(Br)ccc1O. The van der Waals surface area contributed by atoms with Gasteiger partial charge < -0.3 is 15.9 Å². The number of aliphatic hydroxyl groups excluding tert-OH is 1. The molecule has 0 amide bonds. The molecule has 0 saturated carbocycles. The molecule has 1 aromatic carbocycles. The quantitative estimate of drug-likeness (QED) is 0.757. The summed E-state index contributed by atoms with van der Waals surface area (Å²) in [4.78, 5) is 0. The van der Waals surface area contributed by atoms with Crippen LogP contribution in [-0.2, 0) is 0 Å². The van der Waals surface area contributed by atoms with Gasteiger partial charge in [-0.2, -0.15) is 0 Å².